The molecule has 2 rings (SSSR count). The van der Waals surface area contributed by atoms with Crippen LogP contribution in [-0.2, 0) is 6.42 Å². The van der Waals surface area contributed by atoms with Crippen molar-refractivity contribution in [2.45, 2.75) is 26.3 Å². The Labute approximate surface area is 144 Å². The van der Waals surface area contributed by atoms with Gasteiger partial charge in [-0.15, -0.1) is 0 Å². The number of hydrogen-bond acceptors (Lipinski definition) is 2. The van der Waals surface area contributed by atoms with Crippen LogP contribution in [0.25, 0.3) is 0 Å². The summed E-state index contributed by atoms with van der Waals surface area (Å²) >= 11 is 5.37. The van der Waals surface area contributed by atoms with E-state index in [4.69, 9.17) is 17.0 Å². The maximum atomic E-state index is 5.46. The highest BCUT2D eigenvalue weighted by Crippen LogP contribution is 2.17. The van der Waals surface area contributed by atoms with E-state index in [0.29, 0.717) is 11.7 Å². The van der Waals surface area contributed by atoms with E-state index < -0.39 is 0 Å². The van der Waals surface area contributed by atoms with Crippen LogP contribution in [0.3, 0.4) is 0 Å². The molecular weight excluding hydrogens is 304 g/mol. The Morgan fingerprint density at radius 3 is 2.43 bits per heavy atom. The van der Waals surface area contributed by atoms with E-state index in [-0.39, 0.29) is 6.04 Å². The smallest absolute Gasteiger partial charge is 0.166 e. The standard InChI is InChI=1S/C19H24N2OS/c1-3-22-18-11-9-17(10-12-18)15(2)21-19(23)20-14-13-16-7-5-4-6-8-16/h4-12,15H,3,13-14H2,1-2H3,(H2,20,21,23). The van der Waals surface area contributed by atoms with Crippen LogP contribution in [0.15, 0.2) is 54.6 Å². The minimum absolute atomic E-state index is 0.155. The number of hydrogen-bond donors (Lipinski definition) is 2. The third kappa shape index (κ3) is 5.91. The highest BCUT2D eigenvalue weighted by atomic mass is 32.1. The Morgan fingerprint density at radius 2 is 1.78 bits per heavy atom. The van der Waals surface area contributed by atoms with Gasteiger partial charge in [0.05, 0.1) is 12.6 Å². The van der Waals surface area contributed by atoms with Gasteiger partial charge in [0.2, 0.25) is 0 Å². The molecule has 0 heterocycles. The van der Waals surface area contributed by atoms with Crippen molar-refractivity contribution >= 4 is 17.3 Å². The third-order valence-electron chi connectivity index (χ3n) is 3.58. The second-order valence-corrected chi connectivity index (χ2v) is 5.77. The molecular formula is C19H24N2OS. The van der Waals surface area contributed by atoms with E-state index in [1.165, 1.54) is 11.1 Å². The van der Waals surface area contributed by atoms with E-state index in [2.05, 4.69) is 54.0 Å². The van der Waals surface area contributed by atoms with Gasteiger partial charge < -0.3 is 15.4 Å². The molecule has 0 saturated carbocycles. The molecule has 2 aromatic carbocycles. The van der Waals surface area contributed by atoms with E-state index in [0.717, 1.165) is 18.7 Å². The van der Waals surface area contributed by atoms with Gasteiger partial charge >= 0.3 is 0 Å². The normalized spacial score (nSPS) is 11.6. The minimum atomic E-state index is 0.155. The van der Waals surface area contributed by atoms with Crippen LogP contribution < -0.4 is 15.4 Å². The molecule has 2 N–H and O–H groups in total. The molecule has 0 aliphatic carbocycles. The fraction of sp³-hybridized carbons (Fsp3) is 0.316. The Hall–Kier alpha value is -2.07. The molecule has 0 spiro atoms. The average molecular weight is 328 g/mol. The highest BCUT2D eigenvalue weighted by molar-refractivity contribution is 7.80. The molecule has 0 amide bonds. The lowest BCUT2D eigenvalue weighted by atomic mass is 10.1. The Bertz CT molecular complexity index is 599. The summed E-state index contributed by atoms with van der Waals surface area (Å²) in [6.07, 6.45) is 0.958. The Kier molecular flexibility index (Phi) is 6.88. The molecule has 0 aromatic heterocycles. The molecule has 1 atom stereocenters. The van der Waals surface area contributed by atoms with Crippen molar-refractivity contribution in [1.82, 2.24) is 10.6 Å². The lowest BCUT2D eigenvalue weighted by Crippen LogP contribution is -2.37. The van der Waals surface area contributed by atoms with Gasteiger partial charge in [-0.05, 0) is 55.7 Å². The molecule has 0 aliphatic heterocycles. The van der Waals surface area contributed by atoms with Crippen molar-refractivity contribution in [3.63, 3.8) is 0 Å². The van der Waals surface area contributed by atoms with Gasteiger partial charge in [-0.1, -0.05) is 42.5 Å². The predicted octanol–water partition coefficient (Wildman–Crippen LogP) is 3.85. The molecule has 0 aliphatic rings. The van der Waals surface area contributed by atoms with Crippen molar-refractivity contribution in [1.29, 1.82) is 0 Å². The summed E-state index contributed by atoms with van der Waals surface area (Å²) in [5.41, 5.74) is 2.49. The van der Waals surface area contributed by atoms with Crippen LogP contribution in [0, 0.1) is 0 Å². The number of nitrogens with one attached hydrogen (secondary N) is 2. The third-order valence-corrected chi connectivity index (χ3v) is 3.84. The zero-order valence-electron chi connectivity index (χ0n) is 13.7. The van der Waals surface area contributed by atoms with Gasteiger partial charge in [-0.2, -0.15) is 0 Å². The molecule has 0 saturated heterocycles. The van der Waals surface area contributed by atoms with Crippen LogP contribution in [0.1, 0.15) is 31.0 Å². The average Bonchev–Trinajstić information content (AvgIpc) is 2.57. The molecule has 23 heavy (non-hydrogen) atoms. The van der Waals surface area contributed by atoms with Gasteiger partial charge in [0.1, 0.15) is 5.75 Å². The summed E-state index contributed by atoms with van der Waals surface area (Å²) in [5.74, 6) is 0.895. The van der Waals surface area contributed by atoms with Crippen LogP contribution in [0.5, 0.6) is 5.75 Å². The van der Waals surface area contributed by atoms with E-state index in [1.807, 2.05) is 25.1 Å². The van der Waals surface area contributed by atoms with Gasteiger partial charge in [0, 0.05) is 6.54 Å². The maximum Gasteiger partial charge on any atom is 0.166 e. The Balaban J connectivity index is 1.75. The van der Waals surface area contributed by atoms with E-state index >= 15 is 0 Å². The molecule has 0 radical (unpaired) electrons. The summed E-state index contributed by atoms with van der Waals surface area (Å²) in [4.78, 5) is 0. The molecule has 2 aromatic rings. The summed E-state index contributed by atoms with van der Waals surface area (Å²) < 4.78 is 5.46. The molecule has 3 nitrogen and oxygen atoms in total. The first-order valence-corrected chi connectivity index (χ1v) is 8.41. The van der Waals surface area contributed by atoms with E-state index in [1.54, 1.807) is 0 Å². The summed E-state index contributed by atoms with van der Waals surface area (Å²) in [7, 11) is 0. The zero-order valence-corrected chi connectivity index (χ0v) is 14.5. The number of ether oxygens (including phenoxy) is 1. The molecule has 4 heteroatoms. The van der Waals surface area contributed by atoms with Crippen molar-refractivity contribution in [3.8, 4) is 5.75 Å². The number of thiocarbonyl (C=S) groups is 1. The second-order valence-electron chi connectivity index (χ2n) is 5.36. The molecule has 1 unspecified atom stereocenters. The summed E-state index contributed by atoms with van der Waals surface area (Å²) in [6.45, 7) is 5.59. The second kappa shape index (κ2) is 9.16. The summed E-state index contributed by atoms with van der Waals surface area (Å²) in [5, 5.41) is 7.26. The quantitative estimate of drug-likeness (QED) is 0.756. The lowest BCUT2D eigenvalue weighted by Gasteiger charge is -2.17. The Morgan fingerprint density at radius 1 is 1.09 bits per heavy atom. The SMILES string of the molecule is CCOc1ccc(C(C)NC(=S)NCCc2ccccc2)cc1. The largest absolute Gasteiger partial charge is 0.494 e. The molecule has 0 bridgehead atoms. The van der Waals surface area contributed by atoms with Crippen LogP contribution in [0.4, 0.5) is 0 Å². The molecule has 122 valence electrons. The minimum Gasteiger partial charge on any atom is -0.494 e. The monoisotopic (exact) mass is 328 g/mol. The van der Waals surface area contributed by atoms with Gasteiger partial charge in [0.25, 0.3) is 0 Å². The maximum absolute atomic E-state index is 5.46. The van der Waals surface area contributed by atoms with Gasteiger partial charge in [-0.3, -0.25) is 0 Å². The predicted molar refractivity (Wildman–Crippen MR) is 99.9 cm³/mol. The van der Waals surface area contributed by atoms with Gasteiger partial charge in [0.15, 0.2) is 5.11 Å². The lowest BCUT2D eigenvalue weighted by molar-refractivity contribution is 0.340. The first kappa shape index (κ1) is 17.3. The van der Waals surface area contributed by atoms with Crippen molar-refractivity contribution < 1.29 is 4.74 Å². The fourth-order valence-electron chi connectivity index (χ4n) is 2.32. The topological polar surface area (TPSA) is 33.3 Å². The van der Waals surface area contributed by atoms with Crippen molar-refractivity contribution in [2.24, 2.45) is 0 Å². The number of benzene rings is 2. The van der Waals surface area contributed by atoms with E-state index in [9.17, 15) is 0 Å². The van der Waals surface area contributed by atoms with Crippen molar-refractivity contribution in [3.05, 3.63) is 65.7 Å². The highest BCUT2D eigenvalue weighted by Gasteiger charge is 2.07. The zero-order chi connectivity index (χ0) is 16.5. The van der Waals surface area contributed by atoms with Crippen LogP contribution in [-0.4, -0.2) is 18.3 Å². The van der Waals surface area contributed by atoms with Crippen LogP contribution in [0.2, 0.25) is 0 Å². The fourth-order valence-corrected chi connectivity index (χ4v) is 2.59. The van der Waals surface area contributed by atoms with Crippen LogP contribution >= 0.6 is 12.2 Å². The summed E-state index contributed by atoms with van der Waals surface area (Å²) in [6, 6.07) is 18.7. The first-order valence-electron chi connectivity index (χ1n) is 8.00. The van der Waals surface area contributed by atoms with Gasteiger partial charge in [-0.25, -0.2) is 0 Å². The molecule has 0 fully saturated rings. The van der Waals surface area contributed by atoms with Crippen molar-refractivity contribution in [2.75, 3.05) is 13.2 Å². The number of rotatable bonds is 7. The first-order chi connectivity index (χ1) is 11.2.